The van der Waals surface area contributed by atoms with Crippen LogP contribution in [0.4, 0.5) is 5.69 Å². The van der Waals surface area contributed by atoms with Crippen LogP contribution in [0.2, 0.25) is 5.02 Å². The number of esters is 2. The highest BCUT2D eigenvalue weighted by atomic mass is 35.5. The van der Waals surface area contributed by atoms with Gasteiger partial charge in [0.2, 0.25) is 10.0 Å². The molecule has 2 aromatic carbocycles. The first-order valence-electron chi connectivity index (χ1n) is 9.16. The van der Waals surface area contributed by atoms with Crippen molar-refractivity contribution >= 4 is 39.3 Å². The van der Waals surface area contributed by atoms with E-state index in [4.69, 9.17) is 16.3 Å². The second-order valence-corrected chi connectivity index (χ2v) is 8.87. The molecule has 0 bridgehead atoms. The molecule has 0 radical (unpaired) electrons. The van der Waals surface area contributed by atoms with E-state index in [-0.39, 0.29) is 15.5 Å². The van der Waals surface area contributed by atoms with Crippen LogP contribution in [0, 0.1) is 0 Å². The van der Waals surface area contributed by atoms with Gasteiger partial charge >= 0.3 is 11.9 Å². The molecule has 10 heteroatoms. The lowest BCUT2D eigenvalue weighted by molar-refractivity contribution is -0.144. The Morgan fingerprint density at radius 2 is 1.70 bits per heavy atom. The number of carbonyl (C=O) groups excluding carboxylic acids is 2. The highest BCUT2D eigenvalue weighted by Gasteiger charge is 2.30. The van der Waals surface area contributed by atoms with E-state index in [0.717, 1.165) is 12.8 Å². The molecule has 1 heterocycles. The highest BCUT2D eigenvalue weighted by molar-refractivity contribution is 7.89. The standard InChI is InChI=1S/C20H21ClN2O6S/c1-28-19(24)14-29-20(25)17-13-16(7-8-18(17)21)30(26,27)23-11-9-22(10-12-23)15-5-3-2-4-6-15/h2-8,13H,9-12,14H2,1H3. The normalized spacial score (nSPS) is 14.9. The summed E-state index contributed by atoms with van der Waals surface area (Å²) in [5, 5.41) is 0.0257. The molecule has 30 heavy (non-hydrogen) atoms. The zero-order valence-corrected chi connectivity index (χ0v) is 17.9. The van der Waals surface area contributed by atoms with Gasteiger partial charge in [0.05, 0.1) is 22.6 Å². The summed E-state index contributed by atoms with van der Waals surface area (Å²) < 4.78 is 36.7. The molecule has 0 N–H and O–H groups in total. The molecule has 0 spiro atoms. The van der Waals surface area contributed by atoms with E-state index in [0.29, 0.717) is 26.2 Å². The third kappa shape index (κ3) is 4.92. The molecule has 2 aromatic rings. The maximum absolute atomic E-state index is 13.1. The van der Waals surface area contributed by atoms with Crippen molar-refractivity contribution in [3.05, 3.63) is 59.1 Å². The molecule has 0 saturated carbocycles. The first-order chi connectivity index (χ1) is 14.3. The predicted octanol–water partition coefficient (Wildman–Crippen LogP) is 2.18. The number of anilines is 1. The van der Waals surface area contributed by atoms with Crippen LogP contribution >= 0.6 is 11.6 Å². The predicted molar refractivity (Wildman–Crippen MR) is 111 cm³/mol. The van der Waals surface area contributed by atoms with Crippen molar-refractivity contribution in [2.75, 3.05) is 44.8 Å². The summed E-state index contributed by atoms with van der Waals surface area (Å²) in [5.41, 5.74) is 0.904. The number of sulfonamides is 1. The van der Waals surface area contributed by atoms with E-state index >= 15 is 0 Å². The summed E-state index contributed by atoms with van der Waals surface area (Å²) >= 11 is 6.03. The Kier molecular flexibility index (Phi) is 6.96. The average molecular weight is 453 g/mol. The van der Waals surface area contributed by atoms with Gasteiger partial charge in [0.25, 0.3) is 0 Å². The quantitative estimate of drug-likeness (QED) is 0.620. The van der Waals surface area contributed by atoms with Crippen LogP contribution in [-0.4, -0.2) is 64.6 Å². The van der Waals surface area contributed by atoms with Crippen LogP contribution in [0.25, 0.3) is 0 Å². The van der Waals surface area contributed by atoms with Gasteiger partial charge in [-0.1, -0.05) is 29.8 Å². The summed E-state index contributed by atoms with van der Waals surface area (Å²) in [6.07, 6.45) is 0. The van der Waals surface area contributed by atoms with Crippen molar-refractivity contribution in [3.8, 4) is 0 Å². The minimum Gasteiger partial charge on any atom is -0.466 e. The molecule has 8 nitrogen and oxygen atoms in total. The number of piperazine rings is 1. The monoisotopic (exact) mass is 452 g/mol. The molecule has 1 fully saturated rings. The molecule has 0 aliphatic carbocycles. The number of rotatable bonds is 6. The van der Waals surface area contributed by atoms with Crippen molar-refractivity contribution in [1.29, 1.82) is 0 Å². The summed E-state index contributed by atoms with van der Waals surface area (Å²) in [7, 11) is -2.67. The lowest BCUT2D eigenvalue weighted by atomic mass is 10.2. The molecule has 3 rings (SSSR count). The number of benzene rings is 2. The second kappa shape index (κ2) is 9.46. The smallest absolute Gasteiger partial charge is 0.344 e. The van der Waals surface area contributed by atoms with E-state index in [2.05, 4.69) is 9.64 Å². The largest absolute Gasteiger partial charge is 0.466 e. The van der Waals surface area contributed by atoms with E-state index in [1.54, 1.807) is 0 Å². The first-order valence-corrected chi connectivity index (χ1v) is 11.0. The van der Waals surface area contributed by atoms with Gasteiger partial charge in [-0.3, -0.25) is 0 Å². The van der Waals surface area contributed by atoms with Crippen molar-refractivity contribution in [2.24, 2.45) is 0 Å². The Hall–Kier alpha value is -2.62. The number of para-hydroxylation sites is 1. The van der Waals surface area contributed by atoms with Gasteiger partial charge in [-0.05, 0) is 30.3 Å². The maximum Gasteiger partial charge on any atom is 0.344 e. The van der Waals surface area contributed by atoms with Crippen LogP contribution in [0.1, 0.15) is 10.4 Å². The maximum atomic E-state index is 13.1. The second-order valence-electron chi connectivity index (χ2n) is 6.52. The van der Waals surface area contributed by atoms with Gasteiger partial charge in [0.15, 0.2) is 6.61 Å². The van der Waals surface area contributed by atoms with Gasteiger partial charge < -0.3 is 14.4 Å². The SMILES string of the molecule is COC(=O)COC(=O)c1cc(S(=O)(=O)N2CCN(c3ccccc3)CC2)ccc1Cl. The van der Waals surface area contributed by atoms with Gasteiger partial charge in [-0.25, -0.2) is 18.0 Å². The first kappa shape index (κ1) is 22.1. The van der Waals surface area contributed by atoms with Crippen LogP contribution in [0.3, 0.4) is 0 Å². The molecular formula is C20H21ClN2O6S. The highest BCUT2D eigenvalue weighted by Crippen LogP contribution is 2.25. The number of carbonyl (C=O) groups is 2. The molecular weight excluding hydrogens is 432 g/mol. The van der Waals surface area contributed by atoms with Gasteiger partial charge in [0.1, 0.15) is 0 Å². The lowest BCUT2D eigenvalue weighted by Gasteiger charge is -2.35. The summed E-state index contributed by atoms with van der Waals surface area (Å²) in [5.74, 6) is -1.64. The number of hydrogen-bond acceptors (Lipinski definition) is 7. The molecule has 0 amide bonds. The summed E-state index contributed by atoms with van der Waals surface area (Å²) in [6, 6.07) is 13.6. The minimum atomic E-state index is -3.83. The zero-order valence-electron chi connectivity index (χ0n) is 16.3. The van der Waals surface area contributed by atoms with Crippen LogP contribution in [0.5, 0.6) is 0 Å². The van der Waals surface area contributed by atoms with E-state index in [1.165, 1.54) is 22.5 Å². The Labute approximate surface area is 180 Å². The molecule has 0 atom stereocenters. The van der Waals surface area contributed by atoms with Crippen molar-refractivity contribution in [1.82, 2.24) is 4.31 Å². The summed E-state index contributed by atoms with van der Waals surface area (Å²) in [6.45, 7) is 1.11. The van der Waals surface area contributed by atoms with Crippen LogP contribution < -0.4 is 4.90 Å². The molecule has 1 aliphatic heterocycles. The number of hydrogen-bond donors (Lipinski definition) is 0. The van der Waals surface area contributed by atoms with E-state index in [9.17, 15) is 18.0 Å². The van der Waals surface area contributed by atoms with E-state index in [1.807, 2.05) is 30.3 Å². The molecule has 1 saturated heterocycles. The fourth-order valence-electron chi connectivity index (χ4n) is 3.06. The van der Waals surface area contributed by atoms with Gasteiger partial charge in [-0.2, -0.15) is 4.31 Å². The third-order valence-corrected chi connectivity index (χ3v) is 6.93. The summed E-state index contributed by atoms with van der Waals surface area (Å²) in [4.78, 5) is 25.4. The fourth-order valence-corrected chi connectivity index (χ4v) is 4.70. The number of nitrogens with zero attached hydrogens (tertiary/aromatic N) is 2. The fraction of sp³-hybridized carbons (Fsp3) is 0.300. The average Bonchev–Trinajstić information content (AvgIpc) is 2.78. The Balaban J connectivity index is 1.73. The van der Waals surface area contributed by atoms with Crippen molar-refractivity contribution < 1.29 is 27.5 Å². The number of methoxy groups -OCH3 is 1. The Morgan fingerprint density at radius 3 is 2.33 bits per heavy atom. The third-order valence-electron chi connectivity index (χ3n) is 4.70. The molecule has 0 unspecified atom stereocenters. The Bertz CT molecular complexity index is 1020. The minimum absolute atomic E-state index is 0.0257. The van der Waals surface area contributed by atoms with Gasteiger partial charge in [0, 0.05) is 31.9 Å². The molecule has 160 valence electrons. The molecule has 1 aliphatic rings. The Morgan fingerprint density at radius 1 is 1.03 bits per heavy atom. The topological polar surface area (TPSA) is 93.2 Å². The van der Waals surface area contributed by atoms with Gasteiger partial charge in [-0.15, -0.1) is 0 Å². The number of halogens is 1. The van der Waals surface area contributed by atoms with Crippen LogP contribution in [-0.2, 0) is 24.3 Å². The molecule has 0 aromatic heterocycles. The zero-order chi connectivity index (χ0) is 21.7. The lowest BCUT2D eigenvalue weighted by Crippen LogP contribution is -2.48. The van der Waals surface area contributed by atoms with E-state index < -0.39 is 28.6 Å². The van der Waals surface area contributed by atoms with Crippen LogP contribution in [0.15, 0.2) is 53.4 Å². The van der Waals surface area contributed by atoms with Crippen molar-refractivity contribution in [3.63, 3.8) is 0 Å². The van der Waals surface area contributed by atoms with Crippen molar-refractivity contribution in [2.45, 2.75) is 4.90 Å². The number of ether oxygens (including phenoxy) is 2.